The summed E-state index contributed by atoms with van der Waals surface area (Å²) in [6.45, 7) is 4.45. The Labute approximate surface area is 184 Å². The molecule has 3 heteroatoms. The fraction of sp³-hybridized carbons (Fsp3) is 0.308. The quantitative estimate of drug-likeness (QED) is 0.286. The summed E-state index contributed by atoms with van der Waals surface area (Å²) in [6.07, 6.45) is 3.32. The van der Waals surface area contributed by atoms with Crippen molar-refractivity contribution >= 4 is 23.4 Å². The Morgan fingerprint density at radius 2 is 1.66 bits per heavy atom. The number of hydrogen-bond donors (Lipinski definition) is 1. The lowest BCUT2D eigenvalue weighted by Crippen LogP contribution is -2.05. The molecule has 0 aliphatic rings. The highest BCUT2D eigenvalue weighted by Gasteiger charge is 2.14. The second-order valence-electron chi connectivity index (χ2n) is 7.67. The molecule has 0 radical (unpaired) electrons. The molecule has 0 saturated heterocycles. The maximum absolute atomic E-state index is 9.17. The average molecular weight is 425 g/mol. The number of benzene rings is 3. The van der Waals surface area contributed by atoms with Gasteiger partial charge in [-0.2, -0.15) is 0 Å². The van der Waals surface area contributed by atoms with Crippen LogP contribution in [0.15, 0.2) is 71.6 Å². The van der Waals surface area contributed by atoms with Gasteiger partial charge in [-0.1, -0.05) is 54.1 Å². The van der Waals surface area contributed by atoms with E-state index in [1.54, 1.807) is 0 Å². The minimum absolute atomic E-state index is 0.102. The number of hydrogen-bond acceptors (Lipinski definition) is 2. The minimum atomic E-state index is 0.102. The van der Waals surface area contributed by atoms with E-state index in [0.29, 0.717) is 5.92 Å². The molecule has 1 nitrogen and oxygen atoms in total. The van der Waals surface area contributed by atoms with Crippen molar-refractivity contribution in [2.24, 2.45) is 0 Å². The molecular weight excluding hydrogens is 396 g/mol. The van der Waals surface area contributed by atoms with Crippen LogP contribution in [0.4, 0.5) is 0 Å². The van der Waals surface area contributed by atoms with Crippen molar-refractivity contribution in [3.05, 3.63) is 99.6 Å². The Hall–Kier alpha value is -1.74. The third-order valence-electron chi connectivity index (χ3n) is 5.45. The third-order valence-corrected chi connectivity index (χ3v) is 6.78. The maximum Gasteiger partial charge on any atom is 0.0681 e. The second kappa shape index (κ2) is 10.9. The molecule has 152 valence electrons. The van der Waals surface area contributed by atoms with Gasteiger partial charge in [0.05, 0.1) is 6.61 Å². The zero-order valence-electron chi connectivity index (χ0n) is 17.2. The van der Waals surface area contributed by atoms with Crippen LogP contribution in [0.1, 0.15) is 46.6 Å². The summed E-state index contributed by atoms with van der Waals surface area (Å²) in [4.78, 5) is 1.26. The molecule has 3 aromatic carbocycles. The molecule has 0 saturated carbocycles. The molecule has 0 amide bonds. The highest BCUT2D eigenvalue weighted by atomic mass is 35.5. The molecule has 0 aliphatic heterocycles. The Morgan fingerprint density at radius 3 is 2.34 bits per heavy atom. The van der Waals surface area contributed by atoms with Crippen LogP contribution >= 0.6 is 23.4 Å². The zero-order valence-corrected chi connectivity index (χ0v) is 18.8. The SMILES string of the molecule is Cc1ccc(CC(CCCSc2ccc(CO)cc2)c2cccc(Cl)c2)cc1C. The van der Waals surface area contributed by atoms with E-state index < -0.39 is 0 Å². The number of thioether (sulfide) groups is 1. The summed E-state index contributed by atoms with van der Waals surface area (Å²) in [5.41, 5.74) is 6.38. The van der Waals surface area contributed by atoms with E-state index in [1.165, 1.54) is 27.1 Å². The molecule has 0 bridgehead atoms. The van der Waals surface area contributed by atoms with Gasteiger partial charge in [-0.05, 0) is 96.9 Å². The fourth-order valence-electron chi connectivity index (χ4n) is 3.57. The summed E-state index contributed by atoms with van der Waals surface area (Å²) in [5.74, 6) is 1.55. The second-order valence-corrected chi connectivity index (χ2v) is 9.27. The van der Waals surface area contributed by atoms with Crippen molar-refractivity contribution in [3.8, 4) is 0 Å². The van der Waals surface area contributed by atoms with Gasteiger partial charge in [0.1, 0.15) is 0 Å². The van der Waals surface area contributed by atoms with Gasteiger partial charge in [0.15, 0.2) is 0 Å². The van der Waals surface area contributed by atoms with E-state index >= 15 is 0 Å². The van der Waals surface area contributed by atoms with Crippen molar-refractivity contribution in [2.45, 2.75) is 50.5 Å². The van der Waals surface area contributed by atoms with Gasteiger partial charge in [-0.15, -0.1) is 11.8 Å². The molecule has 29 heavy (non-hydrogen) atoms. The Morgan fingerprint density at radius 1 is 0.897 bits per heavy atom. The van der Waals surface area contributed by atoms with E-state index in [0.717, 1.165) is 35.6 Å². The maximum atomic E-state index is 9.17. The molecule has 0 aromatic heterocycles. The van der Waals surface area contributed by atoms with E-state index in [4.69, 9.17) is 16.7 Å². The van der Waals surface area contributed by atoms with Gasteiger partial charge in [-0.25, -0.2) is 0 Å². The van der Waals surface area contributed by atoms with Gasteiger partial charge in [-0.3, -0.25) is 0 Å². The van der Waals surface area contributed by atoms with E-state index in [9.17, 15) is 0 Å². The predicted octanol–water partition coefficient (Wildman–Crippen LogP) is 7.35. The first kappa shape index (κ1) is 22.0. The summed E-state index contributed by atoms with van der Waals surface area (Å²) in [6, 6.07) is 23.3. The van der Waals surface area contributed by atoms with Crippen LogP contribution in [0.2, 0.25) is 5.02 Å². The van der Waals surface area contributed by atoms with Crippen LogP contribution in [0.25, 0.3) is 0 Å². The molecule has 1 unspecified atom stereocenters. The molecule has 3 rings (SSSR count). The zero-order chi connectivity index (χ0) is 20.6. The Kier molecular flexibility index (Phi) is 8.23. The van der Waals surface area contributed by atoms with Gasteiger partial charge in [0.2, 0.25) is 0 Å². The molecule has 1 N–H and O–H groups in total. The van der Waals surface area contributed by atoms with Crippen LogP contribution in [-0.4, -0.2) is 10.9 Å². The van der Waals surface area contributed by atoms with Crippen molar-refractivity contribution in [1.82, 2.24) is 0 Å². The van der Waals surface area contributed by atoms with Gasteiger partial charge in [0, 0.05) is 9.92 Å². The topological polar surface area (TPSA) is 20.2 Å². The molecule has 3 aromatic rings. The van der Waals surface area contributed by atoms with Crippen LogP contribution in [0.5, 0.6) is 0 Å². The normalized spacial score (nSPS) is 12.1. The van der Waals surface area contributed by atoms with E-state index in [2.05, 4.69) is 62.4 Å². The number of halogens is 1. The molecule has 0 heterocycles. The molecule has 0 aliphatic carbocycles. The lowest BCUT2D eigenvalue weighted by atomic mass is 9.87. The molecular formula is C26H29ClOS. The fourth-order valence-corrected chi connectivity index (χ4v) is 4.65. The van der Waals surface area contributed by atoms with Gasteiger partial charge in [0.25, 0.3) is 0 Å². The summed E-state index contributed by atoms with van der Waals surface area (Å²) >= 11 is 8.17. The number of rotatable bonds is 9. The minimum Gasteiger partial charge on any atom is -0.392 e. The van der Waals surface area contributed by atoms with Crippen LogP contribution < -0.4 is 0 Å². The highest BCUT2D eigenvalue weighted by molar-refractivity contribution is 7.99. The summed E-state index contributed by atoms with van der Waals surface area (Å²) in [5, 5.41) is 9.98. The lowest BCUT2D eigenvalue weighted by molar-refractivity contribution is 0.282. The lowest BCUT2D eigenvalue weighted by Gasteiger charge is -2.19. The molecule has 0 fully saturated rings. The predicted molar refractivity (Wildman–Crippen MR) is 126 cm³/mol. The van der Waals surface area contributed by atoms with E-state index in [-0.39, 0.29) is 6.61 Å². The summed E-state index contributed by atoms with van der Waals surface area (Å²) < 4.78 is 0. The Bertz CT molecular complexity index is 920. The smallest absolute Gasteiger partial charge is 0.0681 e. The van der Waals surface area contributed by atoms with Gasteiger partial charge < -0.3 is 5.11 Å². The summed E-state index contributed by atoms with van der Waals surface area (Å²) in [7, 11) is 0. The first-order chi connectivity index (χ1) is 14.0. The van der Waals surface area contributed by atoms with Crippen LogP contribution in [0, 0.1) is 13.8 Å². The molecule has 0 spiro atoms. The highest BCUT2D eigenvalue weighted by Crippen LogP contribution is 2.30. The average Bonchev–Trinajstić information content (AvgIpc) is 2.73. The number of aryl methyl sites for hydroxylation is 2. The van der Waals surface area contributed by atoms with Crippen molar-refractivity contribution in [2.75, 3.05) is 5.75 Å². The molecule has 1 atom stereocenters. The number of aliphatic hydroxyl groups is 1. The third kappa shape index (κ3) is 6.64. The largest absolute Gasteiger partial charge is 0.392 e. The van der Waals surface area contributed by atoms with Crippen molar-refractivity contribution in [1.29, 1.82) is 0 Å². The van der Waals surface area contributed by atoms with Gasteiger partial charge >= 0.3 is 0 Å². The van der Waals surface area contributed by atoms with Crippen LogP contribution in [-0.2, 0) is 13.0 Å². The first-order valence-corrected chi connectivity index (χ1v) is 11.6. The van der Waals surface area contributed by atoms with Crippen LogP contribution in [0.3, 0.4) is 0 Å². The standard InChI is InChI=1S/C26H29ClOS/c1-19-8-9-22(15-20(19)2)16-23(24-5-3-7-25(27)17-24)6-4-14-29-26-12-10-21(18-28)11-13-26/h3,5,7-13,15,17,23,28H,4,6,14,16,18H2,1-2H3. The first-order valence-electron chi connectivity index (χ1n) is 10.2. The van der Waals surface area contributed by atoms with Crippen molar-refractivity contribution < 1.29 is 5.11 Å². The monoisotopic (exact) mass is 424 g/mol. The Balaban J connectivity index is 1.63. The van der Waals surface area contributed by atoms with E-state index in [1.807, 2.05) is 30.0 Å². The van der Waals surface area contributed by atoms with Crippen molar-refractivity contribution in [3.63, 3.8) is 0 Å². The number of aliphatic hydroxyl groups excluding tert-OH is 1.